The largest absolute Gasteiger partial charge is 0.454 e. The number of aromatic nitrogens is 2. The maximum absolute atomic E-state index is 13.4. The molecule has 0 spiro atoms. The summed E-state index contributed by atoms with van der Waals surface area (Å²) in [4.78, 5) is 33.1. The molecule has 174 valence electrons. The van der Waals surface area contributed by atoms with Crippen molar-refractivity contribution in [2.24, 2.45) is 0 Å². The van der Waals surface area contributed by atoms with Crippen molar-refractivity contribution in [1.29, 1.82) is 0 Å². The maximum Gasteiger partial charge on any atom is 0.267 e. The van der Waals surface area contributed by atoms with E-state index in [9.17, 15) is 9.59 Å². The SMILES string of the molecule is CCC(C)N1C(=O)/C(=C/c2c(NCc3ccc4c(c3)OCO4)nc3ccccn3c2=O)SC1=S. The lowest BCUT2D eigenvalue weighted by Gasteiger charge is -2.21. The molecule has 1 aromatic carbocycles. The second kappa shape index (κ2) is 9.11. The average Bonchev–Trinajstić information content (AvgIpc) is 3.42. The normalized spacial score (nSPS) is 17.1. The molecular weight excluding hydrogens is 472 g/mol. The number of fused-ring (bicyclic) bond motifs is 2. The predicted octanol–water partition coefficient (Wildman–Crippen LogP) is 4.04. The Morgan fingerprint density at radius 2 is 2.06 bits per heavy atom. The van der Waals surface area contributed by atoms with Gasteiger partial charge in [0.05, 0.1) is 10.5 Å². The van der Waals surface area contributed by atoms with Crippen molar-refractivity contribution in [2.75, 3.05) is 12.1 Å². The fourth-order valence-corrected chi connectivity index (χ4v) is 5.22. The van der Waals surface area contributed by atoms with Crippen molar-refractivity contribution in [2.45, 2.75) is 32.9 Å². The summed E-state index contributed by atoms with van der Waals surface area (Å²) in [6.07, 6.45) is 4.04. The molecular formula is C24H22N4O4S2. The van der Waals surface area contributed by atoms with Crippen LogP contribution in [0.25, 0.3) is 11.7 Å². The third kappa shape index (κ3) is 4.03. The minimum absolute atomic E-state index is 0.0159. The summed E-state index contributed by atoms with van der Waals surface area (Å²) in [6, 6.07) is 11.0. The van der Waals surface area contributed by atoms with Crippen LogP contribution in [0.5, 0.6) is 11.5 Å². The summed E-state index contributed by atoms with van der Waals surface area (Å²) in [5, 5.41) is 3.27. The molecule has 2 aromatic heterocycles. The summed E-state index contributed by atoms with van der Waals surface area (Å²) in [5.74, 6) is 1.58. The molecule has 3 aromatic rings. The minimum Gasteiger partial charge on any atom is -0.454 e. The topological polar surface area (TPSA) is 85.2 Å². The summed E-state index contributed by atoms with van der Waals surface area (Å²) < 4.78 is 12.8. The molecule has 8 nitrogen and oxygen atoms in total. The van der Waals surface area contributed by atoms with Gasteiger partial charge in [0.1, 0.15) is 15.8 Å². The summed E-state index contributed by atoms with van der Waals surface area (Å²) >= 11 is 6.65. The van der Waals surface area contributed by atoms with Crippen molar-refractivity contribution < 1.29 is 14.3 Å². The van der Waals surface area contributed by atoms with Crippen LogP contribution in [-0.2, 0) is 11.3 Å². The van der Waals surface area contributed by atoms with Gasteiger partial charge in [-0.25, -0.2) is 4.98 Å². The first-order valence-electron chi connectivity index (χ1n) is 10.9. The van der Waals surface area contributed by atoms with Crippen LogP contribution in [0, 0.1) is 0 Å². The molecule has 1 atom stereocenters. The van der Waals surface area contributed by atoms with Gasteiger partial charge in [-0.15, -0.1) is 0 Å². The monoisotopic (exact) mass is 494 g/mol. The first-order valence-corrected chi connectivity index (χ1v) is 12.1. The fraction of sp³-hybridized carbons (Fsp3) is 0.250. The minimum atomic E-state index is -0.271. The maximum atomic E-state index is 13.4. The number of nitrogens with one attached hydrogen (secondary N) is 1. The number of carbonyl (C=O) groups excluding carboxylic acids is 1. The molecule has 1 amide bonds. The zero-order valence-electron chi connectivity index (χ0n) is 18.6. The van der Waals surface area contributed by atoms with E-state index in [2.05, 4.69) is 10.3 Å². The van der Waals surface area contributed by atoms with Crippen molar-refractivity contribution in [3.8, 4) is 11.5 Å². The highest BCUT2D eigenvalue weighted by Gasteiger charge is 2.35. The third-order valence-corrected chi connectivity index (χ3v) is 7.13. The number of nitrogens with zero attached hydrogens (tertiary/aromatic N) is 3. The van der Waals surface area contributed by atoms with Gasteiger partial charge >= 0.3 is 0 Å². The number of rotatable bonds is 6. The van der Waals surface area contributed by atoms with Gasteiger partial charge in [0.25, 0.3) is 11.5 Å². The van der Waals surface area contributed by atoms with Gasteiger partial charge in [0.2, 0.25) is 6.79 Å². The molecule has 5 rings (SSSR count). The van der Waals surface area contributed by atoms with Crippen LogP contribution in [-0.4, -0.2) is 37.3 Å². The van der Waals surface area contributed by atoms with E-state index in [1.165, 1.54) is 16.2 Å². The number of hydrogen-bond donors (Lipinski definition) is 1. The fourth-order valence-electron chi connectivity index (χ4n) is 3.78. The highest BCUT2D eigenvalue weighted by molar-refractivity contribution is 8.26. The Hall–Kier alpha value is -3.37. The molecule has 1 fully saturated rings. The molecule has 0 saturated carbocycles. The van der Waals surface area contributed by atoms with Crippen LogP contribution < -0.4 is 20.3 Å². The quantitative estimate of drug-likeness (QED) is 0.406. The second-order valence-corrected chi connectivity index (χ2v) is 9.63. The first kappa shape index (κ1) is 22.4. The van der Waals surface area contributed by atoms with E-state index >= 15 is 0 Å². The van der Waals surface area contributed by atoms with Crippen LogP contribution in [0.1, 0.15) is 31.4 Å². The van der Waals surface area contributed by atoms with E-state index in [0.717, 1.165) is 12.0 Å². The zero-order chi connectivity index (χ0) is 23.8. The lowest BCUT2D eigenvalue weighted by molar-refractivity contribution is -0.123. The van der Waals surface area contributed by atoms with E-state index in [4.69, 9.17) is 21.7 Å². The van der Waals surface area contributed by atoms with Crippen molar-refractivity contribution in [3.63, 3.8) is 0 Å². The smallest absolute Gasteiger partial charge is 0.267 e. The Labute approximate surface area is 205 Å². The Morgan fingerprint density at radius 1 is 1.24 bits per heavy atom. The standard InChI is InChI=1S/C24H22N4O4S2/c1-3-14(2)28-23(30)19(34-24(28)33)11-16-21(26-20-6-4-5-9-27(20)22(16)29)25-12-15-7-8-17-18(10-15)32-13-31-17/h4-11,14,25H,3,12-13H2,1-2H3/b19-11-. The molecule has 4 heterocycles. The van der Waals surface area contributed by atoms with E-state index in [-0.39, 0.29) is 24.3 Å². The summed E-state index contributed by atoms with van der Waals surface area (Å²) in [6.45, 7) is 4.57. The molecule has 10 heteroatoms. The van der Waals surface area contributed by atoms with Crippen LogP contribution in [0.4, 0.5) is 5.82 Å². The molecule has 2 aliphatic heterocycles. The van der Waals surface area contributed by atoms with E-state index < -0.39 is 0 Å². The van der Waals surface area contributed by atoms with E-state index in [1.807, 2.05) is 38.1 Å². The highest BCUT2D eigenvalue weighted by Crippen LogP contribution is 2.35. The number of benzene rings is 1. The Morgan fingerprint density at radius 3 is 2.88 bits per heavy atom. The van der Waals surface area contributed by atoms with Crippen LogP contribution in [0.15, 0.2) is 52.3 Å². The van der Waals surface area contributed by atoms with Crippen molar-refractivity contribution in [3.05, 3.63) is 69.0 Å². The molecule has 1 saturated heterocycles. The number of hydrogen-bond acceptors (Lipinski definition) is 8. The lowest BCUT2D eigenvalue weighted by atomic mass is 10.2. The number of amides is 1. The van der Waals surface area contributed by atoms with E-state index in [1.54, 1.807) is 29.3 Å². The van der Waals surface area contributed by atoms with Crippen molar-refractivity contribution >= 4 is 51.7 Å². The number of carbonyl (C=O) groups is 1. The van der Waals surface area contributed by atoms with Gasteiger partial charge < -0.3 is 14.8 Å². The van der Waals surface area contributed by atoms with Crippen LogP contribution >= 0.6 is 24.0 Å². The number of thiocarbonyl (C=S) groups is 1. The van der Waals surface area contributed by atoms with Gasteiger partial charge in [-0.05, 0) is 49.2 Å². The van der Waals surface area contributed by atoms with Gasteiger partial charge in [0, 0.05) is 18.8 Å². The van der Waals surface area contributed by atoms with Crippen LogP contribution in [0.2, 0.25) is 0 Å². The van der Waals surface area contributed by atoms with Gasteiger partial charge in [0.15, 0.2) is 11.5 Å². The van der Waals surface area contributed by atoms with Gasteiger partial charge in [-0.2, -0.15) is 0 Å². The van der Waals surface area contributed by atoms with Gasteiger partial charge in [-0.1, -0.05) is 43.0 Å². The van der Waals surface area contributed by atoms with E-state index in [0.29, 0.717) is 44.3 Å². The van der Waals surface area contributed by atoms with Crippen LogP contribution in [0.3, 0.4) is 0 Å². The Kier molecular flexibility index (Phi) is 6.01. The average molecular weight is 495 g/mol. The Bertz CT molecular complexity index is 1400. The summed E-state index contributed by atoms with van der Waals surface area (Å²) in [7, 11) is 0. The number of anilines is 1. The predicted molar refractivity (Wildman–Crippen MR) is 136 cm³/mol. The highest BCUT2D eigenvalue weighted by atomic mass is 32.2. The van der Waals surface area contributed by atoms with Gasteiger partial charge in [-0.3, -0.25) is 18.9 Å². The molecule has 1 N–H and O–H groups in total. The molecule has 34 heavy (non-hydrogen) atoms. The molecule has 2 aliphatic rings. The second-order valence-electron chi connectivity index (χ2n) is 7.96. The first-order chi connectivity index (χ1) is 16.5. The lowest BCUT2D eigenvalue weighted by Crippen LogP contribution is -2.36. The molecule has 1 unspecified atom stereocenters. The molecule has 0 radical (unpaired) electrons. The number of ether oxygens (including phenoxy) is 2. The zero-order valence-corrected chi connectivity index (χ0v) is 20.2. The number of thioether (sulfide) groups is 1. The third-order valence-electron chi connectivity index (χ3n) is 5.80. The molecule has 0 aliphatic carbocycles. The summed E-state index contributed by atoms with van der Waals surface area (Å²) in [5.41, 5.74) is 1.47. The number of pyridine rings is 1. The van der Waals surface area contributed by atoms with Crippen molar-refractivity contribution in [1.82, 2.24) is 14.3 Å². The Balaban J connectivity index is 1.53. The molecule has 0 bridgehead atoms.